The van der Waals surface area contributed by atoms with Crippen molar-refractivity contribution in [1.29, 1.82) is 0 Å². The first-order valence-electron chi connectivity index (χ1n) is 11.0. The summed E-state index contributed by atoms with van der Waals surface area (Å²) >= 11 is 6.23. The van der Waals surface area contributed by atoms with Crippen molar-refractivity contribution < 1.29 is 28.6 Å². The Labute approximate surface area is 207 Å². The summed E-state index contributed by atoms with van der Waals surface area (Å²) in [7, 11) is 0. The van der Waals surface area contributed by atoms with Gasteiger partial charge in [0.1, 0.15) is 0 Å². The molecule has 0 aliphatic carbocycles. The van der Waals surface area contributed by atoms with E-state index >= 15 is 0 Å². The van der Waals surface area contributed by atoms with Crippen LogP contribution in [-0.2, 0) is 14.3 Å². The first kappa shape index (κ1) is 24.3. The third-order valence-corrected chi connectivity index (χ3v) is 6.08. The molecule has 182 valence electrons. The fourth-order valence-corrected chi connectivity index (χ4v) is 4.43. The number of esters is 1. The first-order chi connectivity index (χ1) is 16.7. The molecule has 1 N–H and O–H groups in total. The van der Waals surface area contributed by atoms with Crippen LogP contribution in [0.5, 0.6) is 11.5 Å². The lowest BCUT2D eigenvalue weighted by molar-refractivity contribution is -0.143. The van der Waals surface area contributed by atoms with Gasteiger partial charge in [-0.2, -0.15) is 0 Å². The molecule has 1 atom stereocenters. The van der Waals surface area contributed by atoms with Gasteiger partial charge < -0.3 is 24.1 Å². The second kappa shape index (κ2) is 10.2. The minimum Gasteiger partial charge on any atom is -0.457 e. The average molecular weight is 497 g/mol. The van der Waals surface area contributed by atoms with Crippen LogP contribution in [0.4, 0.5) is 0 Å². The number of carbonyl (C=O) groups excluding carboxylic acids is 3. The number of halogens is 1. The minimum absolute atomic E-state index is 0.160. The number of nitrogens with zero attached hydrogens (tertiary/aromatic N) is 1. The molecule has 2 heterocycles. The van der Waals surface area contributed by atoms with Crippen LogP contribution in [0.2, 0.25) is 5.02 Å². The number of benzene rings is 2. The SMILES string of the molecule is CC(=O)NC(CC(=O)OCC(=O)c1cc(C)n(-c2ccc3c(c2)OCO3)c1C)c1ccccc1Cl. The molecule has 1 unspecified atom stereocenters. The smallest absolute Gasteiger partial charge is 0.308 e. The number of hydrogen-bond acceptors (Lipinski definition) is 6. The van der Waals surface area contributed by atoms with Crippen LogP contribution in [0.3, 0.4) is 0 Å². The number of rotatable bonds is 8. The monoisotopic (exact) mass is 496 g/mol. The highest BCUT2D eigenvalue weighted by atomic mass is 35.5. The summed E-state index contributed by atoms with van der Waals surface area (Å²) in [4.78, 5) is 37.1. The summed E-state index contributed by atoms with van der Waals surface area (Å²) in [5.41, 5.74) is 3.45. The van der Waals surface area contributed by atoms with Gasteiger partial charge in [0.25, 0.3) is 0 Å². The Balaban J connectivity index is 1.44. The molecule has 35 heavy (non-hydrogen) atoms. The maximum Gasteiger partial charge on any atom is 0.308 e. The van der Waals surface area contributed by atoms with Crippen molar-refractivity contribution in [2.75, 3.05) is 13.4 Å². The number of aromatic nitrogens is 1. The second-order valence-corrected chi connectivity index (χ2v) is 8.63. The molecule has 0 radical (unpaired) electrons. The van der Waals surface area contributed by atoms with Gasteiger partial charge in [0, 0.05) is 40.7 Å². The summed E-state index contributed by atoms with van der Waals surface area (Å²) in [6, 6.07) is 13.6. The lowest BCUT2D eigenvalue weighted by Gasteiger charge is -2.18. The molecule has 4 rings (SSSR count). The highest BCUT2D eigenvalue weighted by molar-refractivity contribution is 6.31. The molecule has 1 amide bonds. The van der Waals surface area contributed by atoms with E-state index in [9.17, 15) is 14.4 Å². The van der Waals surface area contributed by atoms with Gasteiger partial charge in [0.2, 0.25) is 18.5 Å². The Kier molecular flexibility index (Phi) is 7.12. The standard InChI is InChI=1S/C26H25ClN2O6/c1-15-10-20(16(2)29(15)18-8-9-24-25(11-18)35-14-34-24)23(31)13-33-26(32)12-22(28-17(3)30)19-6-4-5-7-21(19)27/h4-11,22H,12-14H2,1-3H3,(H,28,30). The summed E-state index contributed by atoms with van der Waals surface area (Å²) in [6.45, 7) is 4.84. The van der Waals surface area contributed by atoms with E-state index in [0.29, 0.717) is 27.6 Å². The largest absolute Gasteiger partial charge is 0.457 e. The highest BCUT2D eigenvalue weighted by Gasteiger charge is 2.23. The number of carbonyl (C=O) groups is 3. The van der Waals surface area contributed by atoms with Gasteiger partial charge >= 0.3 is 5.97 Å². The number of nitrogens with one attached hydrogen (secondary N) is 1. The van der Waals surface area contributed by atoms with Gasteiger partial charge in [0.05, 0.1) is 12.5 Å². The number of ketones is 1. The molecule has 8 nitrogen and oxygen atoms in total. The lowest BCUT2D eigenvalue weighted by atomic mass is 10.0. The van der Waals surface area contributed by atoms with Crippen LogP contribution >= 0.6 is 11.6 Å². The Morgan fingerprint density at radius 2 is 1.83 bits per heavy atom. The zero-order valence-electron chi connectivity index (χ0n) is 19.6. The van der Waals surface area contributed by atoms with Gasteiger partial charge in [0.15, 0.2) is 18.1 Å². The quantitative estimate of drug-likeness (QED) is 0.365. The Morgan fingerprint density at radius 3 is 2.57 bits per heavy atom. The van der Waals surface area contributed by atoms with Gasteiger partial charge in [-0.25, -0.2) is 0 Å². The van der Waals surface area contributed by atoms with Crippen molar-refractivity contribution in [3.05, 3.63) is 76.1 Å². The fraction of sp³-hybridized carbons (Fsp3) is 0.269. The highest BCUT2D eigenvalue weighted by Crippen LogP contribution is 2.35. The minimum atomic E-state index is -0.667. The van der Waals surface area contributed by atoms with E-state index in [1.807, 2.05) is 36.6 Å². The van der Waals surface area contributed by atoms with Gasteiger partial charge in [-0.3, -0.25) is 14.4 Å². The first-order valence-corrected chi connectivity index (χ1v) is 11.4. The molecule has 0 bridgehead atoms. The van der Waals surface area contributed by atoms with Crippen LogP contribution in [0, 0.1) is 13.8 Å². The zero-order chi connectivity index (χ0) is 25.1. The number of hydrogen-bond donors (Lipinski definition) is 1. The van der Waals surface area contributed by atoms with Crippen LogP contribution in [0.25, 0.3) is 5.69 Å². The molecule has 1 aromatic heterocycles. The molecule has 2 aromatic carbocycles. The molecule has 1 aliphatic heterocycles. The predicted molar refractivity (Wildman–Crippen MR) is 129 cm³/mol. The van der Waals surface area contributed by atoms with Crippen LogP contribution in [0.1, 0.15) is 46.7 Å². The van der Waals surface area contributed by atoms with E-state index in [4.69, 9.17) is 25.8 Å². The average Bonchev–Trinajstić information content (AvgIpc) is 3.40. The van der Waals surface area contributed by atoms with Crippen LogP contribution < -0.4 is 14.8 Å². The normalized spacial score (nSPS) is 12.8. The van der Waals surface area contributed by atoms with E-state index in [2.05, 4.69) is 5.32 Å². The number of fused-ring (bicyclic) bond motifs is 1. The van der Waals surface area contributed by atoms with E-state index in [0.717, 1.165) is 17.1 Å². The molecular formula is C26H25ClN2O6. The van der Waals surface area contributed by atoms with E-state index in [1.165, 1.54) is 6.92 Å². The molecule has 0 fully saturated rings. The van der Waals surface area contributed by atoms with Crippen molar-refractivity contribution >= 4 is 29.3 Å². The van der Waals surface area contributed by atoms with Crippen molar-refractivity contribution in [2.24, 2.45) is 0 Å². The molecule has 0 spiro atoms. The van der Waals surface area contributed by atoms with Crippen molar-refractivity contribution in [3.63, 3.8) is 0 Å². The lowest BCUT2D eigenvalue weighted by Crippen LogP contribution is -2.29. The summed E-state index contributed by atoms with van der Waals surface area (Å²) in [5.74, 6) is 0.0569. The van der Waals surface area contributed by atoms with E-state index in [1.54, 1.807) is 30.3 Å². The molecule has 3 aromatic rings. The van der Waals surface area contributed by atoms with Crippen molar-refractivity contribution in [1.82, 2.24) is 9.88 Å². The Hall–Kier alpha value is -3.78. The summed E-state index contributed by atoms with van der Waals surface area (Å²) in [5, 5.41) is 3.13. The van der Waals surface area contributed by atoms with Crippen molar-refractivity contribution in [2.45, 2.75) is 33.2 Å². The Morgan fingerprint density at radius 1 is 1.09 bits per heavy atom. The maximum atomic E-state index is 12.9. The third kappa shape index (κ3) is 5.33. The molecule has 1 aliphatic rings. The van der Waals surface area contributed by atoms with Gasteiger partial charge in [-0.15, -0.1) is 0 Å². The van der Waals surface area contributed by atoms with Gasteiger partial charge in [-0.05, 0) is 43.7 Å². The maximum absolute atomic E-state index is 12.9. The van der Waals surface area contributed by atoms with Gasteiger partial charge in [-0.1, -0.05) is 29.8 Å². The summed E-state index contributed by atoms with van der Waals surface area (Å²) in [6.07, 6.45) is -0.160. The molecule has 0 saturated heterocycles. The molecular weight excluding hydrogens is 472 g/mol. The zero-order valence-corrected chi connectivity index (χ0v) is 20.3. The predicted octanol–water partition coefficient (Wildman–Crippen LogP) is 4.47. The van der Waals surface area contributed by atoms with Crippen LogP contribution in [0.15, 0.2) is 48.5 Å². The number of ether oxygens (including phenoxy) is 3. The molecule has 0 saturated carbocycles. The van der Waals surface area contributed by atoms with Crippen molar-refractivity contribution in [3.8, 4) is 17.2 Å². The third-order valence-electron chi connectivity index (χ3n) is 5.74. The number of aryl methyl sites for hydroxylation is 1. The summed E-state index contributed by atoms with van der Waals surface area (Å²) < 4.78 is 18.0. The number of amides is 1. The molecule has 9 heteroatoms. The van der Waals surface area contributed by atoms with E-state index in [-0.39, 0.29) is 24.9 Å². The second-order valence-electron chi connectivity index (χ2n) is 8.22. The number of Topliss-reactive ketones (excluding diaryl/α,β-unsaturated/α-hetero) is 1. The van der Waals surface area contributed by atoms with E-state index < -0.39 is 18.6 Å². The topological polar surface area (TPSA) is 95.9 Å². The van der Waals surface area contributed by atoms with Crippen LogP contribution in [-0.4, -0.2) is 35.6 Å². The fourth-order valence-electron chi connectivity index (χ4n) is 4.16. The Bertz CT molecular complexity index is 1300.